The van der Waals surface area contributed by atoms with E-state index in [1.165, 1.54) is 5.69 Å². The predicted octanol–water partition coefficient (Wildman–Crippen LogP) is 1.58. The molecule has 0 aromatic heterocycles. The molecule has 1 aromatic carbocycles. The first-order chi connectivity index (χ1) is 7.27. The number of benzene rings is 1. The number of ether oxygens (including phenoxy) is 1. The lowest BCUT2D eigenvalue weighted by atomic mass is 10.1. The second-order valence-corrected chi connectivity index (χ2v) is 3.87. The van der Waals surface area contributed by atoms with E-state index < -0.39 is 0 Å². The predicted molar refractivity (Wildman–Crippen MR) is 60.1 cm³/mol. The van der Waals surface area contributed by atoms with Crippen LogP contribution in [0.4, 0.5) is 5.69 Å². The van der Waals surface area contributed by atoms with Crippen molar-refractivity contribution >= 4 is 5.69 Å². The Kier molecular flexibility index (Phi) is 3.23. The summed E-state index contributed by atoms with van der Waals surface area (Å²) in [6, 6.07) is 8.09. The highest BCUT2D eigenvalue weighted by Crippen LogP contribution is 2.19. The molecule has 1 saturated heterocycles. The van der Waals surface area contributed by atoms with Crippen molar-refractivity contribution in [1.82, 2.24) is 0 Å². The smallest absolute Gasteiger partial charge is 0.0761 e. The zero-order chi connectivity index (χ0) is 10.7. The van der Waals surface area contributed by atoms with Gasteiger partial charge in [-0.1, -0.05) is 12.1 Å². The molecular weight excluding hydrogens is 190 g/mol. The van der Waals surface area contributed by atoms with Gasteiger partial charge in [-0.15, -0.1) is 0 Å². The number of nitrogens with zero attached hydrogens (tertiary/aromatic N) is 1. The van der Waals surface area contributed by atoms with E-state index in [0.717, 1.165) is 31.9 Å². The maximum absolute atomic E-state index is 9.39. The molecule has 3 nitrogen and oxygen atoms in total. The molecule has 15 heavy (non-hydrogen) atoms. The Balaban J connectivity index is 2.08. The van der Waals surface area contributed by atoms with Crippen LogP contribution in [0.1, 0.15) is 18.6 Å². The Labute approximate surface area is 90.3 Å². The van der Waals surface area contributed by atoms with E-state index in [-0.39, 0.29) is 6.10 Å². The van der Waals surface area contributed by atoms with Gasteiger partial charge in [0.2, 0.25) is 0 Å². The second-order valence-electron chi connectivity index (χ2n) is 3.87. The minimum atomic E-state index is -0.385. The molecule has 1 aromatic rings. The first-order valence-corrected chi connectivity index (χ1v) is 5.38. The van der Waals surface area contributed by atoms with Crippen LogP contribution in [-0.2, 0) is 4.74 Å². The average Bonchev–Trinajstić information content (AvgIpc) is 2.30. The highest BCUT2D eigenvalue weighted by Gasteiger charge is 2.11. The summed E-state index contributed by atoms with van der Waals surface area (Å²) in [6.45, 7) is 5.29. The lowest BCUT2D eigenvalue weighted by Gasteiger charge is -2.29. The standard InChI is InChI=1S/C12H17NO2/c1-10(14)11-2-4-12(5-3-11)13-6-8-15-9-7-13/h2-5,10,14H,6-9H2,1H3. The van der Waals surface area contributed by atoms with Crippen LogP contribution < -0.4 is 4.90 Å². The molecule has 1 aliphatic heterocycles. The zero-order valence-electron chi connectivity index (χ0n) is 9.02. The Bertz CT molecular complexity index is 302. The number of morpholine rings is 1. The van der Waals surface area contributed by atoms with Gasteiger partial charge in [0.25, 0.3) is 0 Å². The van der Waals surface area contributed by atoms with Crippen LogP contribution in [0.3, 0.4) is 0 Å². The fourth-order valence-corrected chi connectivity index (χ4v) is 1.79. The van der Waals surface area contributed by atoms with Crippen LogP contribution in [0, 0.1) is 0 Å². The van der Waals surface area contributed by atoms with E-state index in [2.05, 4.69) is 17.0 Å². The lowest BCUT2D eigenvalue weighted by Crippen LogP contribution is -2.36. The number of aliphatic hydroxyl groups is 1. The van der Waals surface area contributed by atoms with E-state index in [1.54, 1.807) is 6.92 Å². The van der Waals surface area contributed by atoms with Crippen molar-refractivity contribution < 1.29 is 9.84 Å². The number of hydrogen-bond donors (Lipinski definition) is 1. The monoisotopic (exact) mass is 207 g/mol. The normalized spacial score (nSPS) is 18.9. The van der Waals surface area contributed by atoms with Gasteiger partial charge in [0.05, 0.1) is 19.3 Å². The molecule has 0 amide bonds. The number of rotatable bonds is 2. The quantitative estimate of drug-likeness (QED) is 0.799. The molecule has 1 heterocycles. The van der Waals surface area contributed by atoms with Gasteiger partial charge in [-0.3, -0.25) is 0 Å². The molecule has 2 rings (SSSR count). The molecule has 0 aliphatic carbocycles. The summed E-state index contributed by atoms with van der Waals surface area (Å²) in [5.74, 6) is 0. The molecule has 1 fully saturated rings. The van der Waals surface area contributed by atoms with Gasteiger partial charge in [0, 0.05) is 18.8 Å². The maximum atomic E-state index is 9.39. The van der Waals surface area contributed by atoms with Gasteiger partial charge < -0.3 is 14.7 Å². The number of aliphatic hydroxyl groups excluding tert-OH is 1. The van der Waals surface area contributed by atoms with Crippen molar-refractivity contribution in [2.75, 3.05) is 31.2 Å². The van der Waals surface area contributed by atoms with Crippen LogP contribution in [0.2, 0.25) is 0 Å². The van der Waals surface area contributed by atoms with Crippen molar-refractivity contribution in [2.45, 2.75) is 13.0 Å². The molecule has 1 N–H and O–H groups in total. The summed E-state index contributed by atoms with van der Waals surface area (Å²) in [6.07, 6.45) is -0.385. The molecule has 0 bridgehead atoms. The lowest BCUT2D eigenvalue weighted by molar-refractivity contribution is 0.122. The second kappa shape index (κ2) is 4.64. The summed E-state index contributed by atoms with van der Waals surface area (Å²) in [5.41, 5.74) is 2.18. The van der Waals surface area contributed by atoms with Crippen molar-refractivity contribution in [2.24, 2.45) is 0 Å². The summed E-state index contributed by atoms with van der Waals surface area (Å²) >= 11 is 0. The molecule has 0 radical (unpaired) electrons. The SMILES string of the molecule is CC(O)c1ccc(N2CCOCC2)cc1. The topological polar surface area (TPSA) is 32.7 Å². The minimum Gasteiger partial charge on any atom is -0.389 e. The fraction of sp³-hybridized carbons (Fsp3) is 0.500. The summed E-state index contributed by atoms with van der Waals surface area (Å²) in [5, 5.41) is 9.39. The van der Waals surface area contributed by atoms with Crippen LogP contribution >= 0.6 is 0 Å². The van der Waals surface area contributed by atoms with Crippen LogP contribution in [0.25, 0.3) is 0 Å². The van der Waals surface area contributed by atoms with Crippen molar-refractivity contribution in [3.8, 4) is 0 Å². The number of anilines is 1. The Hall–Kier alpha value is -1.06. The Morgan fingerprint density at radius 1 is 1.20 bits per heavy atom. The van der Waals surface area contributed by atoms with Gasteiger partial charge >= 0.3 is 0 Å². The first-order valence-electron chi connectivity index (χ1n) is 5.38. The van der Waals surface area contributed by atoms with Gasteiger partial charge in [-0.25, -0.2) is 0 Å². The summed E-state index contributed by atoms with van der Waals surface area (Å²) in [4.78, 5) is 2.30. The molecule has 0 spiro atoms. The molecule has 82 valence electrons. The molecule has 1 aliphatic rings. The Morgan fingerprint density at radius 2 is 1.80 bits per heavy atom. The van der Waals surface area contributed by atoms with Crippen molar-refractivity contribution in [1.29, 1.82) is 0 Å². The van der Waals surface area contributed by atoms with E-state index in [0.29, 0.717) is 0 Å². The van der Waals surface area contributed by atoms with Crippen molar-refractivity contribution in [3.05, 3.63) is 29.8 Å². The third kappa shape index (κ3) is 2.49. The Morgan fingerprint density at radius 3 is 2.33 bits per heavy atom. The maximum Gasteiger partial charge on any atom is 0.0761 e. The van der Waals surface area contributed by atoms with Gasteiger partial charge in [0.15, 0.2) is 0 Å². The van der Waals surface area contributed by atoms with Gasteiger partial charge in [-0.05, 0) is 24.6 Å². The number of hydrogen-bond acceptors (Lipinski definition) is 3. The fourth-order valence-electron chi connectivity index (χ4n) is 1.79. The summed E-state index contributed by atoms with van der Waals surface area (Å²) < 4.78 is 5.30. The highest BCUT2D eigenvalue weighted by atomic mass is 16.5. The molecule has 1 unspecified atom stereocenters. The third-order valence-corrected chi connectivity index (χ3v) is 2.75. The third-order valence-electron chi connectivity index (χ3n) is 2.75. The van der Waals surface area contributed by atoms with E-state index in [1.807, 2.05) is 12.1 Å². The molecule has 0 saturated carbocycles. The van der Waals surface area contributed by atoms with Crippen LogP contribution in [0.5, 0.6) is 0 Å². The van der Waals surface area contributed by atoms with Crippen LogP contribution in [-0.4, -0.2) is 31.4 Å². The van der Waals surface area contributed by atoms with Gasteiger partial charge in [0.1, 0.15) is 0 Å². The highest BCUT2D eigenvalue weighted by molar-refractivity contribution is 5.48. The zero-order valence-corrected chi connectivity index (χ0v) is 9.02. The molecule has 3 heteroatoms. The average molecular weight is 207 g/mol. The van der Waals surface area contributed by atoms with E-state index in [4.69, 9.17) is 4.74 Å². The van der Waals surface area contributed by atoms with Crippen LogP contribution in [0.15, 0.2) is 24.3 Å². The summed E-state index contributed by atoms with van der Waals surface area (Å²) in [7, 11) is 0. The first kappa shape index (κ1) is 10.5. The van der Waals surface area contributed by atoms with Crippen molar-refractivity contribution in [3.63, 3.8) is 0 Å². The minimum absolute atomic E-state index is 0.385. The molecule has 1 atom stereocenters. The van der Waals surface area contributed by atoms with Gasteiger partial charge in [-0.2, -0.15) is 0 Å². The van der Waals surface area contributed by atoms with E-state index >= 15 is 0 Å². The molecular formula is C12H17NO2. The largest absolute Gasteiger partial charge is 0.389 e. The van der Waals surface area contributed by atoms with E-state index in [9.17, 15) is 5.11 Å².